The van der Waals surface area contributed by atoms with Gasteiger partial charge in [0.25, 0.3) is 0 Å². The molecule has 19 heavy (non-hydrogen) atoms. The molecule has 0 aromatic heterocycles. The summed E-state index contributed by atoms with van der Waals surface area (Å²) in [7, 11) is 0. The molecule has 0 amide bonds. The first-order valence-corrected chi connectivity index (χ1v) is 6.80. The summed E-state index contributed by atoms with van der Waals surface area (Å²) in [6.07, 6.45) is 0.594. The first kappa shape index (κ1) is 14.1. The number of rotatable bonds is 3. The van der Waals surface area contributed by atoms with Gasteiger partial charge in [-0.15, -0.1) is 0 Å². The zero-order valence-corrected chi connectivity index (χ0v) is 12.3. The fourth-order valence-corrected chi connectivity index (χ4v) is 2.61. The average Bonchev–Trinajstić information content (AvgIpc) is 2.27. The smallest absolute Gasteiger partial charge is 0.0908 e. The van der Waals surface area contributed by atoms with Crippen molar-refractivity contribution in [1.29, 1.82) is 0 Å². The molecule has 0 spiro atoms. The second kappa shape index (κ2) is 5.36. The van der Waals surface area contributed by atoms with Crippen molar-refractivity contribution in [2.45, 2.75) is 32.8 Å². The van der Waals surface area contributed by atoms with Crippen LogP contribution >= 0.6 is 11.6 Å². The maximum atomic E-state index is 10.7. The van der Waals surface area contributed by atoms with Crippen LogP contribution in [-0.4, -0.2) is 5.11 Å². The largest absolute Gasteiger partial charge is 0.385 e. The number of aryl methyl sites for hydroxylation is 2. The van der Waals surface area contributed by atoms with Crippen LogP contribution in [0.1, 0.15) is 29.2 Å². The standard InChI is InChI=1S/C17H19ClO/c1-12-8-13(2)10-14(9-12)11-17(3,19)15-4-6-16(18)7-5-15/h4-10,19H,11H2,1-3H3. The molecular formula is C17H19ClO. The second-order valence-electron chi connectivity index (χ2n) is 5.45. The lowest BCUT2D eigenvalue weighted by atomic mass is 9.88. The van der Waals surface area contributed by atoms with E-state index in [-0.39, 0.29) is 0 Å². The molecule has 1 N–H and O–H groups in total. The van der Waals surface area contributed by atoms with Gasteiger partial charge in [-0.2, -0.15) is 0 Å². The minimum atomic E-state index is -0.884. The van der Waals surface area contributed by atoms with Gasteiger partial charge in [0, 0.05) is 11.4 Å². The lowest BCUT2D eigenvalue weighted by molar-refractivity contribution is 0.0576. The Balaban J connectivity index is 2.27. The van der Waals surface area contributed by atoms with Crippen LogP contribution < -0.4 is 0 Å². The Morgan fingerprint density at radius 1 is 1.00 bits per heavy atom. The van der Waals surface area contributed by atoms with Gasteiger partial charge in [0.05, 0.1) is 5.60 Å². The lowest BCUT2D eigenvalue weighted by Crippen LogP contribution is -2.24. The molecule has 1 atom stereocenters. The molecule has 1 nitrogen and oxygen atoms in total. The van der Waals surface area contributed by atoms with Crippen molar-refractivity contribution in [3.8, 4) is 0 Å². The van der Waals surface area contributed by atoms with E-state index in [0.29, 0.717) is 11.4 Å². The lowest BCUT2D eigenvalue weighted by Gasteiger charge is -2.24. The number of halogens is 1. The number of hydrogen-bond donors (Lipinski definition) is 1. The third-order valence-electron chi connectivity index (χ3n) is 3.30. The molecule has 0 fully saturated rings. The fraction of sp³-hybridized carbons (Fsp3) is 0.294. The molecule has 0 aliphatic carbocycles. The van der Waals surface area contributed by atoms with E-state index in [0.717, 1.165) is 11.1 Å². The maximum Gasteiger partial charge on any atom is 0.0908 e. The highest BCUT2D eigenvalue weighted by Crippen LogP contribution is 2.27. The maximum absolute atomic E-state index is 10.7. The van der Waals surface area contributed by atoms with Crippen LogP contribution in [0, 0.1) is 13.8 Å². The summed E-state index contributed by atoms with van der Waals surface area (Å²) >= 11 is 5.88. The van der Waals surface area contributed by atoms with Crippen LogP contribution in [-0.2, 0) is 12.0 Å². The van der Waals surface area contributed by atoms with Crippen molar-refractivity contribution < 1.29 is 5.11 Å². The summed E-state index contributed by atoms with van der Waals surface area (Å²) in [5.74, 6) is 0. The molecule has 2 heteroatoms. The Hall–Kier alpha value is -1.31. The van der Waals surface area contributed by atoms with Gasteiger partial charge in [-0.05, 0) is 44.0 Å². The summed E-state index contributed by atoms with van der Waals surface area (Å²) < 4.78 is 0. The van der Waals surface area contributed by atoms with Crippen LogP contribution in [0.3, 0.4) is 0 Å². The van der Waals surface area contributed by atoms with E-state index < -0.39 is 5.60 Å². The predicted octanol–water partition coefficient (Wildman–Crippen LogP) is 4.41. The summed E-state index contributed by atoms with van der Waals surface area (Å²) in [6.45, 7) is 5.99. The van der Waals surface area contributed by atoms with Crippen LogP contribution in [0.5, 0.6) is 0 Å². The van der Waals surface area contributed by atoms with E-state index in [1.165, 1.54) is 11.1 Å². The molecule has 0 saturated carbocycles. The Labute approximate surface area is 119 Å². The van der Waals surface area contributed by atoms with Crippen molar-refractivity contribution in [1.82, 2.24) is 0 Å². The minimum Gasteiger partial charge on any atom is -0.385 e. The highest BCUT2D eigenvalue weighted by atomic mass is 35.5. The van der Waals surface area contributed by atoms with E-state index >= 15 is 0 Å². The van der Waals surface area contributed by atoms with Crippen molar-refractivity contribution in [2.75, 3.05) is 0 Å². The van der Waals surface area contributed by atoms with Crippen molar-refractivity contribution in [3.05, 3.63) is 69.7 Å². The first-order chi connectivity index (χ1) is 8.87. The summed E-state index contributed by atoms with van der Waals surface area (Å²) in [5.41, 5.74) is 3.60. The number of hydrogen-bond acceptors (Lipinski definition) is 1. The predicted molar refractivity (Wildman–Crippen MR) is 80.6 cm³/mol. The average molecular weight is 275 g/mol. The Bertz CT molecular complexity index is 550. The van der Waals surface area contributed by atoms with Crippen LogP contribution in [0.2, 0.25) is 5.02 Å². The van der Waals surface area contributed by atoms with E-state index in [1.807, 2.05) is 31.2 Å². The highest BCUT2D eigenvalue weighted by molar-refractivity contribution is 6.30. The van der Waals surface area contributed by atoms with E-state index in [1.54, 1.807) is 0 Å². The topological polar surface area (TPSA) is 20.2 Å². The Morgan fingerprint density at radius 2 is 1.53 bits per heavy atom. The molecule has 0 aliphatic heterocycles. The monoisotopic (exact) mass is 274 g/mol. The fourth-order valence-electron chi connectivity index (χ4n) is 2.48. The molecule has 100 valence electrons. The Morgan fingerprint density at radius 3 is 2.05 bits per heavy atom. The van der Waals surface area contributed by atoms with E-state index in [4.69, 9.17) is 11.6 Å². The summed E-state index contributed by atoms with van der Waals surface area (Å²) in [5, 5.41) is 11.4. The normalized spacial score (nSPS) is 14.2. The molecule has 0 aliphatic rings. The molecule has 2 rings (SSSR count). The zero-order valence-electron chi connectivity index (χ0n) is 11.6. The third-order valence-corrected chi connectivity index (χ3v) is 3.55. The molecule has 2 aromatic rings. The molecule has 0 saturated heterocycles. The van der Waals surface area contributed by atoms with Gasteiger partial charge < -0.3 is 5.11 Å². The van der Waals surface area contributed by atoms with E-state index in [9.17, 15) is 5.11 Å². The molecule has 2 aromatic carbocycles. The minimum absolute atomic E-state index is 0.594. The van der Waals surface area contributed by atoms with E-state index in [2.05, 4.69) is 32.0 Å². The highest BCUT2D eigenvalue weighted by Gasteiger charge is 2.23. The third kappa shape index (κ3) is 3.59. The molecule has 1 unspecified atom stereocenters. The van der Waals surface area contributed by atoms with Gasteiger partial charge in [0.15, 0.2) is 0 Å². The van der Waals surface area contributed by atoms with Crippen LogP contribution in [0.15, 0.2) is 42.5 Å². The van der Waals surface area contributed by atoms with Crippen molar-refractivity contribution in [2.24, 2.45) is 0 Å². The quantitative estimate of drug-likeness (QED) is 0.879. The van der Waals surface area contributed by atoms with Crippen LogP contribution in [0.4, 0.5) is 0 Å². The van der Waals surface area contributed by atoms with Gasteiger partial charge in [-0.25, -0.2) is 0 Å². The first-order valence-electron chi connectivity index (χ1n) is 6.42. The van der Waals surface area contributed by atoms with Gasteiger partial charge in [-0.3, -0.25) is 0 Å². The second-order valence-corrected chi connectivity index (χ2v) is 5.89. The van der Waals surface area contributed by atoms with Crippen molar-refractivity contribution >= 4 is 11.6 Å². The molecule has 0 radical (unpaired) electrons. The zero-order chi connectivity index (χ0) is 14.0. The Kier molecular flexibility index (Phi) is 3.98. The summed E-state index contributed by atoms with van der Waals surface area (Å²) in [6, 6.07) is 13.8. The number of benzene rings is 2. The van der Waals surface area contributed by atoms with Crippen LogP contribution in [0.25, 0.3) is 0 Å². The SMILES string of the molecule is Cc1cc(C)cc(CC(C)(O)c2ccc(Cl)cc2)c1. The molecular weight excluding hydrogens is 256 g/mol. The molecule has 0 heterocycles. The van der Waals surface area contributed by atoms with Gasteiger partial charge in [0.1, 0.15) is 0 Å². The summed E-state index contributed by atoms with van der Waals surface area (Å²) in [4.78, 5) is 0. The van der Waals surface area contributed by atoms with Crippen molar-refractivity contribution in [3.63, 3.8) is 0 Å². The van der Waals surface area contributed by atoms with Gasteiger partial charge >= 0.3 is 0 Å². The van der Waals surface area contributed by atoms with Gasteiger partial charge in [-0.1, -0.05) is 53.1 Å². The number of aliphatic hydroxyl groups is 1. The molecule has 0 bridgehead atoms. The van der Waals surface area contributed by atoms with Gasteiger partial charge in [0.2, 0.25) is 0 Å².